The Balaban J connectivity index is 1.73. The van der Waals surface area contributed by atoms with Crippen LogP contribution in [0.1, 0.15) is 16.1 Å². The fourth-order valence-electron chi connectivity index (χ4n) is 2.39. The monoisotopic (exact) mass is 413 g/mol. The average molecular weight is 413 g/mol. The molecule has 0 spiro atoms. The first kappa shape index (κ1) is 20.0. The molecule has 0 aliphatic carbocycles. The molecule has 1 N–H and O–H groups in total. The molecule has 0 saturated carbocycles. The molecule has 1 aromatic heterocycles. The number of amides is 1. The van der Waals surface area contributed by atoms with E-state index in [1.54, 1.807) is 25.1 Å². The third-order valence-corrected chi connectivity index (χ3v) is 5.01. The molecule has 2 aromatic carbocycles. The van der Waals surface area contributed by atoms with Gasteiger partial charge in [0.25, 0.3) is 11.6 Å². The van der Waals surface area contributed by atoms with Crippen molar-refractivity contribution < 1.29 is 22.3 Å². The van der Waals surface area contributed by atoms with E-state index in [1.807, 2.05) is 0 Å². The van der Waals surface area contributed by atoms with E-state index >= 15 is 0 Å². The van der Waals surface area contributed by atoms with Gasteiger partial charge in [-0.2, -0.15) is 8.42 Å². The fraction of sp³-hybridized carbons (Fsp3) is 0.0526. The van der Waals surface area contributed by atoms with E-state index in [-0.39, 0.29) is 21.9 Å². The number of nitro benzene ring substituents is 1. The Morgan fingerprint density at radius 1 is 1.07 bits per heavy atom. The van der Waals surface area contributed by atoms with Crippen LogP contribution < -0.4 is 9.50 Å². The first-order valence-electron chi connectivity index (χ1n) is 8.29. The number of benzene rings is 2. The summed E-state index contributed by atoms with van der Waals surface area (Å²) in [5.74, 6) is -0.0681. The van der Waals surface area contributed by atoms with Crippen molar-refractivity contribution in [2.24, 2.45) is 0 Å². The molecule has 148 valence electrons. The lowest BCUT2D eigenvalue weighted by atomic mass is 10.2. The molecule has 3 aromatic rings. The molecule has 0 fully saturated rings. The van der Waals surface area contributed by atoms with Crippen LogP contribution in [0.2, 0.25) is 0 Å². The number of aromatic nitrogens is 1. The van der Waals surface area contributed by atoms with Crippen molar-refractivity contribution in [1.29, 1.82) is 0 Å². The third-order valence-electron chi connectivity index (χ3n) is 3.77. The van der Waals surface area contributed by atoms with E-state index < -0.39 is 20.9 Å². The quantitative estimate of drug-likeness (QED) is 0.373. The highest BCUT2D eigenvalue weighted by Gasteiger charge is 2.20. The van der Waals surface area contributed by atoms with Gasteiger partial charge in [0, 0.05) is 23.4 Å². The minimum Gasteiger partial charge on any atom is -0.379 e. The van der Waals surface area contributed by atoms with Crippen molar-refractivity contribution in [3.8, 4) is 5.75 Å². The summed E-state index contributed by atoms with van der Waals surface area (Å²) >= 11 is 0. The molecule has 0 radical (unpaired) electrons. The van der Waals surface area contributed by atoms with Gasteiger partial charge < -0.3 is 9.50 Å². The molecular weight excluding hydrogens is 398 g/mol. The topological polar surface area (TPSA) is 128 Å². The summed E-state index contributed by atoms with van der Waals surface area (Å²) < 4.78 is 29.7. The first-order chi connectivity index (χ1) is 13.7. The van der Waals surface area contributed by atoms with Crippen molar-refractivity contribution >= 4 is 27.5 Å². The number of nitro groups is 1. The summed E-state index contributed by atoms with van der Waals surface area (Å²) in [4.78, 5) is 26.2. The van der Waals surface area contributed by atoms with E-state index in [1.165, 1.54) is 42.5 Å². The minimum atomic E-state index is -4.27. The maximum atomic E-state index is 12.3. The van der Waals surface area contributed by atoms with E-state index in [4.69, 9.17) is 4.18 Å². The number of hydrogen-bond acceptors (Lipinski definition) is 7. The lowest BCUT2D eigenvalue weighted by Gasteiger charge is -2.08. The number of anilines is 1. The number of carbonyl (C=O) groups excluding carboxylic acids is 1. The number of rotatable bonds is 6. The van der Waals surface area contributed by atoms with Crippen LogP contribution in [-0.4, -0.2) is 24.2 Å². The van der Waals surface area contributed by atoms with Crippen molar-refractivity contribution in [3.05, 3.63) is 88.1 Å². The second-order valence-corrected chi connectivity index (χ2v) is 7.48. The summed E-state index contributed by atoms with van der Waals surface area (Å²) in [6.45, 7) is 1.80. The van der Waals surface area contributed by atoms with Crippen LogP contribution in [0.4, 0.5) is 11.5 Å². The maximum absolute atomic E-state index is 12.3. The Morgan fingerprint density at radius 3 is 2.41 bits per heavy atom. The van der Waals surface area contributed by atoms with E-state index in [9.17, 15) is 23.3 Å². The molecule has 0 aliphatic rings. The van der Waals surface area contributed by atoms with Gasteiger partial charge in [-0.05, 0) is 49.4 Å². The van der Waals surface area contributed by atoms with Crippen LogP contribution in [0.3, 0.4) is 0 Å². The molecular formula is C19H15N3O6S. The minimum absolute atomic E-state index is 0.0401. The number of nitrogens with one attached hydrogen (secondary N) is 1. The summed E-state index contributed by atoms with van der Waals surface area (Å²) in [5, 5.41) is 13.5. The van der Waals surface area contributed by atoms with Gasteiger partial charge in [-0.15, -0.1) is 0 Å². The zero-order valence-electron chi connectivity index (χ0n) is 15.1. The molecule has 29 heavy (non-hydrogen) atoms. The van der Waals surface area contributed by atoms with Crippen LogP contribution in [-0.2, 0) is 10.1 Å². The highest BCUT2D eigenvalue weighted by atomic mass is 32.2. The predicted molar refractivity (Wildman–Crippen MR) is 104 cm³/mol. The van der Waals surface area contributed by atoms with E-state index in [0.717, 1.165) is 11.8 Å². The molecule has 10 heteroatoms. The zero-order chi connectivity index (χ0) is 21.0. The lowest BCUT2D eigenvalue weighted by molar-refractivity contribution is -0.385. The number of aryl methyl sites for hydroxylation is 1. The van der Waals surface area contributed by atoms with Crippen LogP contribution in [0.15, 0.2) is 71.6 Å². The van der Waals surface area contributed by atoms with Crippen molar-refractivity contribution in [2.45, 2.75) is 11.8 Å². The van der Waals surface area contributed by atoms with Gasteiger partial charge >= 0.3 is 10.1 Å². The largest absolute Gasteiger partial charge is 0.379 e. The number of carbonyl (C=O) groups is 1. The zero-order valence-corrected chi connectivity index (χ0v) is 15.9. The molecule has 0 bridgehead atoms. The summed E-state index contributed by atoms with van der Waals surface area (Å²) in [6, 6.07) is 15.1. The second-order valence-electron chi connectivity index (χ2n) is 5.93. The Bertz CT molecular complexity index is 1180. The fourth-order valence-corrected chi connectivity index (χ4v) is 3.36. The smallest absolute Gasteiger partial charge is 0.339 e. The molecule has 0 atom stereocenters. The highest BCUT2D eigenvalue weighted by molar-refractivity contribution is 7.87. The van der Waals surface area contributed by atoms with Gasteiger partial charge in [0.2, 0.25) is 0 Å². The second kappa shape index (κ2) is 8.07. The number of pyridine rings is 1. The molecule has 9 nitrogen and oxygen atoms in total. The SMILES string of the molecule is Cc1cccc(NC(=O)c2ccc(OS(=O)(=O)c3cccc([N+](=O)[O-])c3)cc2)n1. The van der Waals surface area contributed by atoms with Crippen LogP contribution >= 0.6 is 0 Å². The van der Waals surface area contributed by atoms with Crippen molar-refractivity contribution in [1.82, 2.24) is 4.98 Å². The molecule has 1 amide bonds. The van der Waals surface area contributed by atoms with Gasteiger partial charge in [-0.1, -0.05) is 12.1 Å². The average Bonchev–Trinajstić information content (AvgIpc) is 2.68. The number of nitrogens with zero attached hydrogens (tertiary/aromatic N) is 2. The molecule has 0 aliphatic heterocycles. The maximum Gasteiger partial charge on any atom is 0.339 e. The summed E-state index contributed by atoms with van der Waals surface area (Å²) in [7, 11) is -4.27. The molecule has 3 rings (SSSR count). The Labute approximate surface area is 166 Å². The third kappa shape index (κ3) is 4.93. The van der Waals surface area contributed by atoms with Crippen LogP contribution in [0.5, 0.6) is 5.75 Å². The highest BCUT2D eigenvalue weighted by Crippen LogP contribution is 2.22. The van der Waals surface area contributed by atoms with Crippen molar-refractivity contribution in [2.75, 3.05) is 5.32 Å². The Hall–Kier alpha value is -3.79. The molecule has 1 heterocycles. The molecule has 0 unspecified atom stereocenters. The summed E-state index contributed by atoms with van der Waals surface area (Å²) in [6.07, 6.45) is 0. The van der Waals surface area contributed by atoms with E-state index in [0.29, 0.717) is 5.82 Å². The predicted octanol–water partition coefficient (Wildman–Crippen LogP) is 3.32. The van der Waals surface area contributed by atoms with Gasteiger partial charge in [0.15, 0.2) is 0 Å². The Kier molecular flexibility index (Phi) is 5.55. The van der Waals surface area contributed by atoms with Crippen molar-refractivity contribution in [3.63, 3.8) is 0 Å². The normalized spacial score (nSPS) is 10.9. The van der Waals surface area contributed by atoms with Gasteiger partial charge in [-0.25, -0.2) is 4.98 Å². The number of non-ortho nitro benzene ring substituents is 1. The summed E-state index contributed by atoms with van der Waals surface area (Å²) in [5.41, 5.74) is 0.651. The van der Waals surface area contributed by atoms with Gasteiger partial charge in [0.05, 0.1) is 4.92 Å². The molecule has 0 saturated heterocycles. The van der Waals surface area contributed by atoms with E-state index in [2.05, 4.69) is 10.3 Å². The van der Waals surface area contributed by atoms with Gasteiger partial charge in [0.1, 0.15) is 16.5 Å². The van der Waals surface area contributed by atoms with Crippen LogP contribution in [0, 0.1) is 17.0 Å². The van der Waals surface area contributed by atoms with Gasteiger partial charge in [-0.3, -0.25) is 14.9 Å². The van der Waals surface area contributed by atoms with Crippen LogP contribution in [0.25, 0.3) is 0 Å². The standard InChI is InChI=1S/C19H15N3O6S/c1-13-4-2-7-18(20-13)21-19(23)14-8-10-16(11-9-14)28-29(26,27)17-6-3-5-15(12-17)22(24)25/h2-12H,1H3,(H,20,21,23). The Morgan fingerprint density at radius 2 is 1.76 bits per heavy atom. The number of hydrogen-bond donors (Lipinski definition) is 1. The first-order valence-corrected chi connectivity index (χ1v) is 9.69. The lowest BCUT2D eigenvalue weighted by Crippen LogP contribution is -2.13.